The summed E-state index contributed by atoms with van der Waals surface area (Å²) in [6, 6.07) is 18.3. The largest absolute Gasteiger partial charge is 0.361 e. The first-order valence-corrected chi connectivity index (χ1v) is 10.1. The zero-order chi connectivity index (χ0) is 21.3. The second-order valence-corrected chi connectivity index (χ2v) is 7.64. The third-order valence-corrected chi connectivity index (χ3v) is 5.68. The van der Waals surface area contributed by atoms with Crippen molar-refractivity contribution < 1.29 is 9.59 Å². The number of aromatic amines is 2. The number of aromatic nitrogens is 2. The van der Waals surface area contributed by atoms with Crippen LogP contribution in [0, 0.1) is 13.8 Å². The van der Waals surface area contributed by atoms with Crippen LogP contribution in [0.15, 0.2) is 60.8 Å². The molecule has 1 amide bonds. The topological polar surface area (TPSA) is 77.8 Å². The Labute approximate surface area is 175 Å². The van der Waals surface area contributed by atoms with Crippen LogP contribution in [0.3, 0.4) is 0 Å². The van der Waals surface area contributed by atoms with E-state index in [4.69, 9.17) is 0 Å². The van der Waals surface area contributed by atoms with Crippen molar-refractivity contribution in [3.05, 3.63) is 94.4 Å². The molecule has 0 spiro atoms. The van der Waals surface area contributed by atoms with E-state index in [2.05, 4.69) is 33.5 Å². The Kier molecular flexibility index (Phi) is 5.27. The molecular weight excluding hydrogens is 374 g/mol. The van der Waals surface area contributed by atoms with Gasteiger partial charge in [-0.2, -0.15) is 0 Å². The van der Waals surface area contributed by atoms with E-state index in [-0.39, 0.29) is 17.6 Å². The summed E-state index contributed by atoms with van der Waals surface area (Å²) >= 11 is 0. The van der Waals surface area contributed by atoms with Gasteiger partial charge in [-0.05, 0) is 43.5 Å². The maximum atomic E-state index is 13.0. The maximum Gasteiger partial charge on any atom is 0.268 e. The zero-order valence-electron chi connectivity index (χ0n) is 17.4. The standard InChI is InChI=1S/C25H25N3O2/c1-15-23(17(3)29)16(2)28-24(15)25(30)27-13-20(18-9-5-4-6-10-18)21-14-26-22-12-8-7-11-19(21)22/h4-12,14,20,26,28H,13H2,1-3H3,(H,27,30)/t20-/m1/s1. The van der Waals surface area contributed by atoms with E-state index in [0.717, 1.165) is 27.7 Å². The number of benzene rings is 2. The van der Waals surface area contributed by atoms with Crippen LogP contribution < -0.4 is 5.32 Å². The molecule has 5 nitrogen and oxygen atoms in total. The highest BCUT2D eigenvalue weighted by molar-refractivity contribution is 6.02. The molecule has 0 saturated carbocycles. The van der Waals surface area contributed by atoms with Crippen LogP contribution in [-0.2, 0) is 0 Å². The van der Waals surface area contributed by atoms with Crippen LogP contribution in [0.1, 0.15) is 56.1 Å². The van der Waals surface area contributed by atoms with E-state index in [1.54, 1.807) is 0 Å². The minimum Gasteiger partial charge on any atom is -0.361 e. The number of hydrogen-bond acceptors (Lipinski definition) is 2. The van der Waals surface area contributed by atoms with Gasteiger partial charge in [0.1, 0.15) is 5.69 Å². The number of aryl methyl sites for hydroxylation is 1. The number of nitrogens with one attached hydrogen (secondary N) is 3. The van der Waals surface area contributed by atoms with E-state index in [0.29, 0.717) is 23.4 Å². The minimum atomic E-state index is -0.205. The molecule has 0 bridgehead atoms. The van der Waals surface area contributed by atoms with Crippen molar-refractivity contribution in [1.29, 1.82) is 0 Å². The van der Waals surface area contributed by atoms with Crippen molar-refractivity contribution in [2.75, 3.05) is 6.54 Å². The first-order chi connectivity index (χ1) is 14.5. The van der Waals surface area contributed by atoms with Crippen molar-refractivity contribution in [2.24, 2.45) is 0 Å². The number of carbonyl (C=O) groups excluding carboxylic acids is 2. The van der Waals surface area contributed by atoms with Crippen molar-refractivity contribution in [3.63, 3.8) is 0 Å². The SMILES string of the molecule is CC(=O)c1c(C)[nH]c(C(=O)NC[C@H](c2ccccc2)c2c[nH]c3ccccc23)c1C. The Bertz CT molecular complexity index is 1220. The van der Waals surface area contributed by atoms with Gasteiger partial charge in [0.05, 0.1) is 0 Å². The lowest BCUT2D eigenvalue weighted by Crippen LogP contribution is -2.29. The summed E-state index contributed by atoms with van der Waals surface area (Å²) in [5.74, 6) is -0.250. The summed E-state index contributed by atoms with van der Waals surface area (Å²) in [4.78, 5) is 31.3. The molecule has 0 radical (unpaired) electrons. The van der Waals surface area contributed by atoms with E-state index >= 15 is 0 Å². The van der Waals surface area contributed by atoms with Gasteiger partial charge in [-0.3, -0.25) is 9.59 Å². The highest BCUT2D eigenvalue weighted by Crippen LogP contribution is 2.30. The molecule has 0 aliphatic heterocycles. The quantitative estimate of drug-likeness (QED) is 0.404. The molecule has 152 valence electrons. The Morgan fingerprint density at radius 1 is 1.00 bits per heavy atom. The van der Waals surface area contributed by atoms with Crippen LogP contribution in [0.5, 0.6) is 0 Å². The lowest BCUT2D eigenvalue weighted by molar-refractivity contribution is 0.0947. The van der Waals surface area contributed by atoms with Crippen LogP contribution in [0.25, 0.3) is 10.9 Å². The van der Waals surface area contributed by atoms with Gasteiger partial charge in [0, 0.05) is 40.8 Å². The van der Waals surface area contributed by atoms with Gasteiger partial charge < -0.3 is 15.3 Å². The summed E-state index contributed by atoms with van der Waals surface area (Å²) in [6.07, 6.45) is 2.02. The number of Topliss-reactive ketones (excluding diaryl/α,β-unsaturated/α-hetero) is 1. The molecule has 0 fully saturated rings. The number of hydrogen-bond donors (Lipinski definition) is 3. The van der Waals surface area contributed by atoms with Gasteiger partial charge >= 0.3 is 0 Å². The lowest BCUT2D eigenvalue weighted by atomic mass is 9.91. The molecule has 5 heteroatoms. The highest BCUT2D eigenvalue weighted by Gasteiger charge is 2.22. The van der Waals surface area contributed by atoms with Crippen molar-refractivity contribution in [3.8, 4) is 0 Å². The number of para-hydroxylation sites is 1. The third-order valence-electron chi connectivity index (χ3n) is 5.68. The van der Waals surface area contributed by atoms with E-state index < -0.39 is 0 Å². The Hall–Kier alpha value is -3.60. The summed E-state index contributed by atoms with van der Waals surface area (Å²) in [6.45, 7) is 5.59. The Morgan fingerprint density at radius 2 is 1.70 bits per heavy atom. The molecule has 0 aliphatic rings. The van der Waals surface area contributed by atoms with Crippen LogP contribution in [0.4, 0.5) is 0 Å². The number of amides is 1. The summed E-state index contributed by atoms with van der Waals surface area (Å²) in [5, 5.41) is 4.22. The maximum absolute atomic E-state index is 13.0. The first kappa shape index (κ1) is 19.7. The van der Waals surface area contributed by atoms with Crippen LogP contribution >= 0.6 is 0 Å². The van der Waals surface area contributed by atoms with Gasteiger partial charge in [-0.15, -0.1) is 0 Å². The first-order valence-electron chi connectivity index (χ1n) is 10.1. The molecule has 3 N–H and O–H groups in total. The van der Waals surface area contributed by atoms with Crippen molar-refractivity contribution in [2.45, 2.75) is 26.7 Å². The predicted octanol–water partition coefficient (Wildman–Crippen LogP) is 4.88. The van der Waals surface area contributed by atoms with Gasteiger partial charge in [0.15, 0.2) is 5.78 Å². The average Bonchev–Trinajstić information content (AvgIpc) is 3.29. The smallest absolute Gasteiger partial charge is 0.268 e. The summed E-state index contributed by atoms with van der Waals surface area (Å²) in [5.41, 5.74) is 5.80. The molecule has 4 aromatic rings. The fourth-order valence-corrected chi connectivity index (χ4v) is 4.26. The minimum absolute atomic E-state index is 0.00468. The van der Waals surface area contributed by atoms with Crippen LogP contribution in [0.2, 0.25) is 0 Å². The van der Waals surface area contributed by atoms with E-state index in [1.807, 2.05) is 56.4 Å². The molecule has 30 heavy (non-hydrogen) atoms. The molecule has 2 aromatic carbocycles. The molecule has 2 heterocycles. The monoisotopic (exact) mass is 399 g/mol. The van der Waals surface area contributed by atoms with Gasteiger partial charge in [0.25, 0.3) is 5.91 Å². The fraction of sp³-hybridized carbons (Fsp3) is 0.200. The summed E-state index contributed by atoms with van der Waals surface area (Å²) < 4.78 is 0. The van der Waals surface area contributed by atoms with Gasteiger partial charge in [-0.25, -0.2) is 0 Å². The van der Waals surface area contributed by atoms with Gasteiger partial charge in [0.2, 0.25) is 0 Å². The molecule has 4 rings (SSSR count). The lowest BCUT2D eigenvalue weighted by Gasteiger charge is -2.18. The Balaban J connectivity index is 1.65. The van der Waals surface area contributed by atoms with E-state index in [9.17, 15) is 9.59 Å². The number of H-pyrrole nitrogens is 2. The average molecular weight is 399 g/mol. The fourth-order valence-electron chi connectivity index (χ4n) is 4.26. The molecule has 2 aromatic heterocycles. The highest BCUT2D eigenvalue weighted by atomic mass is 16.2. The Morgan fingerprint density at radius 3 is 2.40 bits per heavy atom. The molecule has 1 atom stereocenters. The normalized spacial score (nSPS) is 12.1. The molecular formula is C25H25N3O2. The second-order valence-electron chi connectivity index (χ2n) is 7.64. The van der Waals surface area contributed by atoms with Crippen molar-refractivity contribution >= 4 is 22.6 Å². The molecule has 0 unspecified atom stereocenters. The van der Waals surface area contributed by atoms with Crippen LogP contribution in [-0.4, -0.2) is 28.2 Å². The van der Waals surface area contributed by atoms with Gasteiger partial charge in [-0.1, -0.05) is 48.5 Å². The third kappa shape index (κ3) is 3.54. The number of fused-ring (bicyclic) bond motifs is 1. The summed E-state index contributed by atoms with van der Waals surface area (Å²) in [7, 11) is 0. The number of carbonyl (C=O) groups is 2. The zero-order valence-corrected chi connectivity index (χ0v) is 17.4. The molecule has 0 saturated heterocycles. The second kappa shape index (κ2) is 8.03. The van der Waals surface area contributed by atoms with Crippen molar-refractivity contribution in [1.82, 2.24) is 15.3 Å². The number of rotatable bonds is 6. The number of ketones is 1. The van der Waals surface area contributed by atoms with E-state index in [1.165, 1.54) is 6.92 Å². The molecule has 0 aliphatic carbocycles. The predicted molar refractivity (Wildman–Crippen MR) is 119 cm³/mol.